The predicted octanol–water partition coefficient (Wildman–Crippen LogP) is 2.80. The van der Waals surface area contributed by atoms with Crippen molar-refractivity contribution in [2.75, 3.05) is 19.6 Å². The molecule has 0 spiro atoms. The van der Waals surface area contributed by atoms with Crippen molar-refractivity contribution in [3.05, 3.63) is 35.4 Å². The first-order chi connectivity index (χ1) is 10.9. The van der Waals surface area contributed by atoms with Gasteiger partial charge in [-0.05, 0) is 55.8 Å². The number of nitrogens with zero attached hydrogens (tertiary/aromatic N) is 1. The monoisotopic (exact) mass is 326 g/mol. The lowest BCUT2D eigenvalue weighted by Crippen LogP contribution is -2.54. The van der Waals surface area contributed by atoms with Crippen LogP contribution in [0.25, 0.3) is 0 Å². The van der Waals surface area contributed by atoms with Crippen molar-refractivity contribution in [3.63, 3.8) is 0 Å². The van der Waals surface area contributed by atoms with E-state index >= 15 is 0 Å². The summed E-state index contributed by atoms with van der Waals surface area (Å²) in [6, 6.07) is 3.29. The van der Waals surface area contributed by atoms with Crippen LogP contribution in [0.3, 0.4) is 0 Å². The molecule has 1 aliphatic carbocycles. The largest absolute Gasteiger partial charge is 0.353 e. The van der Waals surface area contributed by atoms with Crippen LogP contribution in [0, 0.1) is 17.6 Å². The number of nitrogens with one attached hydrogen (secondary N) is 1. The summed E-state index contributed by atoms with van der Waals surface area (Å²) in [7, 11) is 0. The average molecular weight is 326 g/mol. The Balaban J connectivity index is 1.61. The molecular weight excluding hydrogens is 305 g/mol. The fourth-order valence-corrected chi connectivity index (χ4v) is 3.09. The Hall–Kier alpha value is -1.56. The number of likely N-dealkylation sites (tertiary alicyclic amines) is 1. The zero-order chi connectivity index (χ0) is 16.4. The van der Waals surface area contributed by atoms with E-state index in [0.29, 0.717) is 31.0 Å². The smallest absolute Gasteiger partial charge is 0.259 e. The van der Waals surface area contributed by atoms with Gasteiger partial charge in [0, 0.05) is 25.7 Å². The number of halogens is 3. The summed E-state index contributed by atoms with van der Waals surface area (Å²) in [6.45, 7) is 1.34. The first-order valence-corrected chi connectivity index (χ1v) is 8.09. The number of rotatable bonds is 5. The number of alkyl halides is 1. The lowest BCUT2D eigenvalue weighted by atomic mass is 9.93. The van der Waals surface area contributed by atoms with E-state index in [2.05, 4.69) is 5.32 Å². The molecule has 23 heavy (non-hydrogen) atoms. The molecule has 3 nitrogen and oxygen atoms in total. The summed E-state index contributed by atoms with van der Waals surface area (Å²) in [5.41, 5.74) is -1.47. The Labute approximate surface area is 133 Å². The summed E-state index contributed by atoms with van der Waals surface area (Å²) in [5, 5.41) is 2.70. The van der Waals surface area contributed by atoms with Crippen LogP contribution in [0.5, 0.6) is 0 Å². The fraction of sp³-hybridized carbons (Fsp3) is 0.588. The molecule has 1 amide bonds. The Bertz CT molecular complexity index is 571. The van der Waals surface area contributed by atoms with E-state index in [-0.39, 0.29) is 19.5 Å². The van der Waals surface area contributed by atoms with Crippen molar-refractivity contribution in [3.8, 4) is 0 Å². The quantitative estimate of drug-likeness (QED) is 0.902. The van der Waals surface area contributed by atoms with Crippen LogP contribution in [0.2, 0.25) is 0 Å². The fourth-order valence-electron chi connectivity index (χ4n) is 3.09. The van der Waals surface area contributed by atoms with Gasteiger partial charge in [0.2, 0.25) is 5.67 Å². The van der Waals surface area contributed by atoms with Gasteiger partial charge >= 0.3 is 0 Å². The van der Waals surface area contributed by atoms with Gasteiger partial charge in [0.15, 0.2) is 0 Å². The van der Waals surface area contributed by atoms with Crippen LogP contribution >= 0.6 is 0 Å². The molecule has 1 saturated heterocycles. The van der Waals surface area contributed by atoms with E-state index in [9.17, 15) is 18.0 Å². The molecule has 1 N–H and O–H groups in total. The Kier molecular flexibility index (Phi) is 4.62. The molecule has 0 aromatic heterocycles. The highest BCUT2D eigenvalue weighted by Crippen LogP contribution is 2.30. The van der Waals surface area contributed by atoms with Crippen LogP contribution in [0.15, 0.2) is 18.2 Å². The summed E-state index contributed by atoms with van der Waals surface area (Å²) < 4.78 is 41.4. The molecule has 3 rings (SSSR count). The maximum absolute atomic E-state index is 14.9. The third-order valence-electron chi connectivity index (χ3n) is 4.51. The van der Waals surface area contributed by atoms with E-state index in [1.807, 2.05) is 0 Å². The minimum absolute atomic E-state index is 0.0400. The first-order valence-electron chi connectivity index (χ1n) is 8.09. The second-order valence-corrected chi connectivity index (χ2v) is 6.71. The minimum atomic E-state index is -1.92. The number of benzene rings is 1. The number of hydrogen-bond acceptors (Lipinski definition) is 2. The number of amides is 1. The third kappa shape index (κ3) is 4.25. The summed E-state index contributed by atoms with van der Waals surface area (Å²) in [4.78, 5) is 13.9. The zero-order valence-electron chi connectivity index (χ0n) is 13.0. The maximum Gasteiger partial charge on any atom is 0.259 e. The first kappa shape index (κ1) is 16.3. The normalized spacial score (nSPS) is 25.3. The highest BCUT2D eigenvalue weighted by atomic mass is 19.1. The van der Waals surface area contributed by atoms with Crippen LogP contribution in [-0.2, 0) is 11.3 Å². The van der Waals surface area contributed by atoms with Crippen LogP contribution < -0.4 is 5.32 Å². The molecular formula is C17H21F3N2O. The summed E-state index contributed by atoms with van der Waals surface area (Å²) >= 11 is 0. The third-order valence-corrected chi connectivity index (χ3v) is 4.51. The average Bonchev–Trinajstić information content (AvgIpc) is 3.27. The Morgan fingerprint density at radius 2 is 1.96 bits per heavy atom. The van der Waals surface area contributed by atoms with Gasteiger partial charge in [0.1, 0.15) is 11.6 Å². The molecule has 1 heterocycles. The number of carbonyl (C=O) groups excluding carboxylic acids is 1. The molecule has 0 radical (unpaired) electrons. The highest BCUT2D eigenvalue weighted by molar-refractivity contribution is 5.85. The van der Waals surface area contributed by atoms with Gasteiger partial charge in [0.25, 0.3) is 5.91 Å². The molecule has 6 heteroatoms. The number of carbonyl (C=O) groups is 1. The predicted molar refractivity (Wildman–Crippen MR) is 80.4 cm³/mol. The van der Waals surface area contributed by atoms with Gasteiger partial charge in [-0.15, -0.1) is 0 Å². The van der Waals surface area contributed by atoms with Gasteiger partial charge < -0.3 is 5.32 Å². The molecule has 2 fully saturated rings. The SMILES string of the molecule is O=C(NCC1CC1)C1(F)CCCN(Cc2cc(F)cc(F)c2)C1. The maximum atomic E-state index is 14.9. The Morgan fingerprint density at radius 1 is 1.26 bits per heavy atom. The van der Waals surface area contributed by atoms with Crippen LogP contribution in [0.1, 0.15) is 31.2 Å². The number of piperidine rings is 1. The lowest BCUT2D eigenvalue weighted by Gasteiger charge is -2.36. The van der Waals surface area contributed by atoms with Gasteiger partial charge in [-0.3, -0.25) is 9.69 Å². The standard InChI is InChI=1S/C17H21F3N2O/c18-14-6-13(7-15(19)8-14)10-22-5-1-4-17(20,11-22)16(23)21-9-12-2-3-12/h6-8,12H,1-5,9-11H2,(H,21,23). The molecule has 2 aliphatic rings. The van der Waals surface area contributed by atoms with E-state index in [0.717, 1.165) is 18.9 Å². The minimum Gasteiger partial charge on any atom is -0.353 e. The Morgan fingerprint density at radius 3 is 2.61 bits per heavy atom. The van der Waals surface area contributed by atoms with Crippen molar-refractivity contribution >= 4 is 5.91 Å². The molecule has 1 atom stereocenters. The van der Waals surface area contributed by atoms with Crippen LogP contribution in [-0.4, -0.2) is 36.1 Å². The molecule has 1 unspecified atom stereocenters. The zero-order valence-corrected chi connectivity index (χ0v) is 13.0. The van der Waals surface area contributed by atoms with E-state index in [1.54, 1.807) is 4.90 Å². The van der Waals surface area contributed by atoms with Crippen molar-refractivity contribution in [1.82, 2.24) is 10.2 Å². The molecule has 1 aromatic carbocycles. The van der Waals surface area contributed by atoms with E-state index in [1.165, 1.54) is 12.1 Å². The van der Waals surface area contributed by atoms with E-state index in [4.69, 9.17) is 0 Å². The topological polar surface area (TPSA) is 32.3 Å². The summed E-state index contributed by atoms with van der Waals surface area (Å²) in [6.07, 6.45) is 2.93. The molecule has 1 saturated carbocycles. The van der Waals surface area contributed by atoms with Crippen molar-refractivity contribution < 1.29 is 18.0 Å². The van der Waals surface area contributed by atoms with Gasteiger partial charge in [-0.2, -0.15) is 0 Å². The van der Waals surface area contributed by atoms with Crippen LogP contribution in [0.4, 0.5) is 13.2 Å². The molecule has 1 aliphatic heterocycles. The molecule has 1 aromatic rings. The van der Waals surface area contributed by atoms with Crippen molar-refractivity contribution in [2.45, 2.75) is 37.9 Å². The highest BCUT2D eigenvalue weighted by Gasteiger charge is 2.42. The van der Waals surface area contributed by atoms with Gasteiger partial charge in [-0.25, -0.2) is 13.2 Å². The lowest BCUT2D eigenvalue weighted by molar-refractivity contribution is -0.136. The summed E-state index contributed by atoms with van der Waals surface area (Å²) in [5.74, 6) is -1.35. The van der Waals surface area contributed by atoms with E-state index < -0.39 is 23.2 Å². The van der Waals surface area contributed by atoms with Gasteiger partial charge in [-0.1, -0.05) is 0 Å². The second-order valence-electron chi connectivity index (χ2n) is 6.71. The molecule has 0 bridgehead atoms. The number of hydrogen-bond donors (Lipinski definition) is 1. The van der Waals surface area contributed by atoms with Crippen molar-refractivity contribution in [2.24, 2.45) is 5.92 Å². The second kappa shape index (κ2) is 6.51. The van der Waals surface area contributed by atoms with Crippen molar-refractivity contribution in [1.29, 1.82) is 0 Å². The molecule has 126 valence electrons. The van der Waals surface area contributed by atoms with Gasteiger partial charge in [0.05, 0.1) is 0 Å².